The van der Waals surface area contributed by atoms with Crippen molar-refractivity contribution in [2.45, 2.75) is 103 Å². The Bertz CT molecular complexity index is 677. The van der Waals surface area contributed by atoms with Crippen molar-refractivity contribution in [3.05, 3.63) is 35.5 Å². The number of aliphatic hydroxyl groups is 3. The van der Waals surface area contributed by atoms with E-state index in [1.807, 2.05) is 13.8 Å². The molecule has 3 saturated carbocycles. The molecule has 3 aliphatic carbocycles. The third kappa shape index (κ3) is 5.71. The predicted octanol–water partition coefficient (Wildman–Crippen LogP) is 5.09. The normalized spacial score (nSPS) is 35.3. The second-order valence-electron chi connectivity index (χ2n) is 10.6. The Morgan fingerprint density at radius 3 is 2.48 bits per heavy atom. The van der Waals surface area contributed by atoms with Crippen LogP contribution in [0.25, 0.3) is 0 Å². The molecule has 0 aliphatic heterocycles. The first-order valence-corrected chi connectivity index (χ1v) is 12.4. The summed E-state index contributed by atoms with van der Waals surface area (Å²) in [6.45, 7) is 11.8. The van der Waals surface area contributed by atoms with Gasteiger partial charge in [-0.15, -0.1) is 0 Å². The summed E-state index contributed by atoms with van der Waals surface area (Å²) in [5, 5.41) is 30.4. The van der Waals surface area contributed by atoms with Crippen LogP contribution >= 0.6 is 0 Å². The van der Waals surface area contributed by atoms with Crippen LogP contribution in [0.3, 0.4) is 0 Å². The molecule has 0 saturated heterocycles. The standard InChI is InChI=1S/C27H44O4/c1-5-27(30,6-2)18-31-17-19(3)24-11-12-25-21(8-7-13-26(24,25)4)10-9-20-14-22(28)16-23(29)15-20/h9-10,22-25,28-30H,3,5-8,11-18H2,1-2,4H3/t22-,23-,24-,25+,26-/m1/s1. The molecule has 3 fully saturated rings. The van der Waals surface area contributed by atoms with E-state index < -0.39 is 17.8 Å². The zero-order valence-corrected chi connectivity index (χ0v) is 19.9. The van der Waals surface area contributed by atoms with E-state index in [4.69, 9.17) is 4.74 Å². The summed E-state index contributed by atoms with van der Waals surface area (Å²) in [6.07, 6.45) is 12.8. The fourth-order valence-electron chi connectivity index (χ4n) is 6.37. The molecule has 0 aromatic rings. The Balaban J connectivity index is 1.64. The van der Waals surface area contributed by atoms with Crippen LogP contribution in [0.4, 0.5) is 0 Å². The SMILES string of the molecule is C=C(COCC(O)(CC)CC)[C@H]1CC[C@H]2C(=CC=C3C[C@@H](O)C[C@H](O)C3)CCC[C@]12C. The molecular weight excluding hydrogens is 388 g/mol. The van der Waals surface area contributed by atoms with E-state index in [-0.39, 0.29) is 5.41 Å². The summed E-state index contributed by atoms with van der Waals surface area (Å²) in [6, 6.07) is 0. The summed E-state index contributed by atoms with van der Waals surface area (Å²) in [5.74, 6) is 1.03. The van der Waals surface area contributed by atoms with Gasteiger partial charge in [-0.05, 0) is 87.0 Å². The Kier molecular flexibility index (Phi) is 8.23. The maximum Gasteiger partial charge on any atom is 0.0875 e. The van der Waals surface area contributed by atoms with Crippen LogP contribution < -0.4 is 0 Å². The highest BCUT2D eigenvalue weighted by molar-refractivity contribution is 5.28. The molecule has 0 unspecified atom stereocenters. The van der Waals surface area contributed by atoms with Gasteiger partial charge >= 0.3 is 0 Å². The molecule has 0 aromatic carbocycles. The Morgan fingerprint density at radius 1 is 1.16 bits per heavy atom. The van der Waals surface area contributed by atoms with Crippen molar-refractivity contribution < 1.29 is 20.1 Å². The van der Waals surface area contributed by atoms with E-state index in [0.717, 1.165) is 18.4 Å². The molecule has 3 rings (SSSR count). The van der Waals surface area contributed by atoms with Gasteiger partial charge in [0.05, 0.1) is 31.0 Å². The zero-order chi connectivity index (χ0) is 22.6. The van der Waals surface area contributed by atoms with Crippen molar-refractivity contribution >= 4 is 0 Å². The predicted molar refractivity (Wildman–Crippen MR) is 126 cm³/mol. The van der Waals surface area contributed by atoms with Gasteiger partial charge in [0, 0.05) is 0 Å². The summed E-state index contributed by atoms with van der Waals surface area (Å²) in [7, 11) is 0. The van der Waals surface area contributed by atoms with Gasteiger partial charge in [-0.3, -0.25) is 0 Å². The molecule has 4 nitrogen and oxygen atoms in total. The van der Waals surface area contributed by atoms with E-state index in [1.54, 1.807) is 0 Å². The lowest BCUT2D eigenvalue weighted by Crippen LogP contribution is -2.36. The maximum absolute atomic E-state index is 10.5. The zero-order valence-electron chi connectivity index (χ0n) is 19.9. The lowest BCUT2D eigenvalue weighted by Gasteiger charge is -2.43. The second-order valence-corrected chi connectivity index (χ2v) is 10.6. The van der Waals surface area contributed by atoms with E-state index in [2.05, 4.69) is 25.7 Å². The molecule has 0 radical (unpaired) electrons. The molecule has 176 valence electrons. The highest BCUT2D eigenvalue weighted by Crippen LogP contribution is 2.59. The lowest BCUT2D eigenvalue weighted by atomic mass is 9.62. The van der Waals surface area contributed by atoms with Crippen molar-refractivity contribution in [1.82, 2.24) is 0 Å². The van der Waals surface area contributed by atoms with Gasteiger partial charge in [0.2, 0.25) is 0 Å². The van der Waals surface area contributed by atoms with Crippen LogP contribution in [0.15, 0.2) is 35.5 Å². The van der Waals surface area contributed by atoms with Gasteiger partial charge in [-0.1, -0.05) is 50.6 Å². The smallest absolute Gasteiger partial charge is 0.0875 e. The average Bonchev–Trinajstić information content (AvgIpc) is 3.09. The van der Waals surface area contributed by atoms with Crippen molar-refractivity contribution in [3.63, 3.8) is 0 Å². The number of aliphatic hydroxyl groups excluding tert-OH is 2. The molecule has 0 amide bonds. The second kappa shape index (κ2) is 10.3. The number of fused-ring (bicyclic) bond motifs is 1. The van der Waals surface area contributed by atoms with Crippen LogP contribution in [-0.4, -0.2) is 46.3 Å². The highest BCUT2D eigenvalue weighted by atomic mass is 16.5. The molecule has 5 atom stereocenters. The molecule has 0 bridgehead atoms. The van der Waals surface area contributed by atoms with E-state index in [0.29, 0.717) is 57.2 Å². The number of hydrogen-bond donors (Lipinski definition) is 3. The van der Waals surface area contributed by atoms with Crippen molar-refractivity contribution in [2.75, 3.05) is 13.2 Å². The molecule has 4 heteroatoms. The number of hydrogen-bond acceptors (Lipinski definition) is 4. The minimum atomic E-state index is -0.725. The van der Waals surface area contributed by atoms with Crippen molar-refractivity contribution in [1.29, 1.82) is 0 Å². The third-order valence-corrected chi connectivity index (χ3v) is 8.50. The lowest BCUT2D eigenvalue weighted by molar-refractivity contribution is -0.0479. The fraction of sp³-hybridized carbons (Fsp3) is 0.778. The summed E-state index contributed by atoms with van der Waals surface area (Å²) < 4.78 is 5.93. The van der Waals surface area contributed by atoms with Crippen LogP contribution in [0.5, 0.6) is 0 Å². The fourth-order valence-corrected chi connectivity index (χ4v) is 6.37. The van der Waals surface area contributed by atoms with E-state index in [1.165, 1.54) is 30.4 Å². The largest absolute Gasteiger partial charge is 0.393 e. The van der Waals surface area contributed by atoms with Crippen LogP contribution in [0.1, 0.15) is 85.0 Å². The van der Waals surface area contributed by atoms with E-state index >= 15 is 0 Å². The first-order chi connectivity index (χ1) is 14.7. The molecular formula is C27H44O4. The first-order valence-electron chi connectivity index (χ1n) is 12.4. The Hall–Kier alpha value is -0.940. The quantitative estimate of drug-likeness (QED) is 0.468. The summed E-state index contributed by atoms with van der Waals surface area (Å²) in [4.78, 5) is 0. The third-order valence-electron chi connectivity index (χ3n) is 8.50. The Labute approximate surface area is 189 Å². The molecule has 31 heavy (non-hydrogen) atoms. The minimum Gasteiger partial charge on any atom is -0.393 e. The van der Waals surface area contributed by atoms with Crippen molar-refractivity contribution in [3.8, 4) is 0 Å². The minimum absolute atomic E-state index is 0.223. The van der Waals surface area contributed by atoms with Gasteiger partial charge in [-0.25, -0.2) is 0 Å². The molecule has 0 spiro atoms. The van der Waals surface area contributed by atoms with Gasteiger partial charge in [0.15, 0.2) is 0 Å². The van der Waals surface area contributed by atoms with Crippen LogP contribution in [-0.2, 0) is 4.74 Å². The van der Waals surface area contributed by atoms with Gasteiger partial charge in [0.25, 0.3) is 0 Å². The molecule has 0 aromatic heterocycles. The van der Waals surface area contributed by atoms with E-state index in [9.17, 15) is 15.3 Å². The molecule has 3 N–H and O–H groups in total. The monoisotopic (exact) mass is 432 g/mol. The van der Waals surface area contributed by atoms with Gasteiger partial charge in [0.1, 0.15) is 0 Å². The number of rotatable bonds is 8. The summed E-state index contributed by atoms with van der Waals surface area (Å²) in [5.41, 5.74) is 3.37. The first kappa shape index (κ1) is 24.7. The average molecular weight is 433 g/mol. The van der Waals surface area contributed by atoms with Crippen LogP contribution in [0, 0.1) is 17.3 Å². The van der Waals surface area contributed by atoms with Crippen molar-refractivity contribution in [2.24, 2.45) is 17.3 Å². The molecule has 0 heterocycles. The highest BCUT2D eigenvalue weighted by Gasteiger charge is 2.49. The van der Waals surface area contributed by atoms with Gasteiger partial charge in [-0.2, -0.15) is 0 Å². The number of allylic oxidation sites excluding steroid dienone is 3. The maximum atomic E-state index is 10.5. The molecule has 3 aliphatic rings. The summed E-state index contributed by atoms with van der Waals surface area (Å²) >= 11 is 0. The van der Waals surface area contributed by atoms with Gasteiger partial charge < -0.3 is 20.1 Å². The topological polar surface area (TPSA) is 69.9 Å². The van der Waals surface area contributed by atoms with Crippen LogP contribution in [0.2, 0.25) is 0 Å². The Morgan fingerprint density at radius 2 is 1.84 bits per heavy atom. The number of ether oxygens (including phenoxy) is 1.